The number of hydrogen-bond donors (Lipinski definition) is 1. The van der Waals surface area contributed by atoms with Gasteiger partial charge in [0.15, 0.2) is 0 Å². The number of carboxylic acid groups (broad SMARTS) is 1. The summed E-state index contributed by atoms with van der Waals surface area (Å²) in [5, 5.41) is 9.21. The fraction of sp³-hybridized carbons (Fsp3) is 0.300. The van der Waals surface area contributed by atoms with Crippen LogP contribution in [-0.4, -0.2) is 49.8 Å². The number of benzene rings is 2. The van der Waals surface area contributed by atoms with Crippen LogP contribution in [-0.2, 0) is 22.7 Å². The third-order valence-corrected chi connectivity index (χ3v) is 3.91. The van der Waals surface area contributed by atoms with E-state index in [9.17, 15) is 14.7 Å². The van der Waals surface area contributed by atoms with Gasteiger partial charge in [-0.15, -0.1) is 0 Å². The highest BCUT2D eigenvalue weighted by Crippen LogP contribution is 2.24. The largest absolute Gasteiger partial charge is 0.497 e. The van der Waals surface area contributed by atoms with E-state index in [1.165, 1.54) is 19.1 Å². The molecule has 0 fully saturated rings. The van der Waals surface area contributed by atoms with E-state index in [-0.39, 0.29) is 12.5 Å². The lowest BCUT2D eigenvalue weighted by Gasteiger charge is -2.22. The van der Waals surface area contributed by atoms with Crippen LogP contribution in [0.4, 0.5) is 0 Å². The Bertz CT molecular complexity index is 765. The molecule has 0 bridgehead atoms. The van der Waals surface area contributed by atoms with Gasteiger partial charge in [-0.05, 0) is 35.4 Å². The second kappa shape index (κ2) is 9.59. The minimum atomic E-state index is -1.09. The lowest BCUT2D eigenvalue weighted by atomic mass is 10.1. The van der Waals surface area contributed by atoms with Crippen molar-refractivity contribution in [1.82, 2.24) is 4.90 Å². The number of hydrogen-bond acceptors (Lipinski definition) is 5. The molecule has 0 aliphatic rings. The maximum Gasteiger partial charge on any atom is 0.323 e. The first-order valence-electron chi connectivity index (χ1n) is 8.27. The standard InChI is InChI=1S/C20H23NO6/c1-25-13-14-4-6-16(7-5-14)20(24)21(12-19(22)23)11-15-8-17(26-2)10-18(9-15)27-3/h4-10H,11-13H2,1-3H3,(H,22,23). The smallest absolute Gasteiger partial charge is 0.323 e. The zero-order valence-electron chi connectivity index (χ0n) is 15.6. The Hall–Kier alpha value is -3.06. The number of carbonyl (C=O) groups is 2. The van der Waals surface area contributed by atoms with E-state index in [4.69, 9.17) is 14.2 Å². The lowest BCUT2D eigenvalue weighted by molar-refractivity contribution is -0.137. The van der Waals surface area contributed by atoms with E-state index < -0.39 is 12.5 Å². The van der Waals surface area contributed by atoms with Gasteiger partial charge in [0.05, 0.1) is 20.8 Å². The van der Waals surface area contributed by atoms with Crippen molar-refractivity contribution in [3.8, 4) is 11.5 Å². The summed E-state index contributed by atoms with van der Waals surface area (Å²) in [5.41, 5.74) is 2.04. The van der Waals surface area contributed by atoms with E-state index >= 15 is 0 Å². The van der Waals surface area contributed by atoms with E-state index in [0.717, 1.165) is 5.56 Å². The molecule has 0 unspecified atom stereocenters. The maximum absolute atomic E-state index is 12.8. The highest BCUT2D eigenvalue weighted by atomic mass is 16.5. The topological polar surface area (TPSA) is 85.3 Å². The summed E-state index contributed by atoms with van der Waals surface area (Å²) in [4.78, 5) is 25.4. The summed E-state index contributed by atoms with van der Waals surface area (Å²) >= 11 is 0. The quantitative estimate of drug-likeness (QED) is 0.727. The molecule has 0 spiro atoms. The van der Waals surface area contributed by atoms with Crippen LogP contribution in [0.1, 0.15) is 21.5 Å². The van der Waals surface area contributed by atoms with Crippen molar-refractivity contribution < 1.29 is 28.9 Å². The Labute approximate surface area is 158 Å². The number of amides is 1. The van der Waals surface area contributed by atoms with E-state index in [2.05, 4.69) is 0 Å². The minimum Gasteiger partial charge on any atom is -0.497 e. The SMILES string of the molecule is COCc1ccc(C(=O)N(CC(=O)O)Cc2cc(OC)cc(OC)c2)cc1. The molecule has 1 amide bonds. The highest BCUT2D eigenvalue weighted by Gasteiger charge is 2.19. The monoisotopic (exact) mass is 373 g/mol. The molecule has 0 aromatic heterocycles. The van der Waals surface area contributed by atoms with Crippen molar-refractivity contribution in [3.63, 3.8) is 0 Å². The molecule has 2 rings (SSSR count). The molecular weight excluding hydrogens is 350 g/mol. The number of ether oxygens (including phenoxy) is 3. The molecule has 0 atom stereocenters. The fourth-order valence-electron chi connectivity index (χ4n) is 2.63. The van der Waals surface area contributed by atoms with E-state index in [1.54, 1.807) is 49.6 Å². The predicted molar refractivity (Wildman–Crippen MR) is 99.1 cm³/mol. The van der Waals surface area contributed by atoms with Gasteiger partial charge >= 0.3 is 5.97 Å². The number of carboxylic acids is 1. The number of aliphatic carboxylic acids is 1. The van der Waals surface area contributed by atoms with E-state index in [1.807, 2.05) is 0 Å². The third kappa shape index (κ3) is 5.72. The van der Waals surface area contributed by atoms with Crippen molar-refractivity contribution >= 4 is 11.9 Å². The van der Waals surface area contributed by atoms with Gasteiger partial charge in [-0.1, -0.05) is 12.1 Å². The molecule has 1 N–H and O–H groups in total. The second-order valence-corrected chi connectivity index (χ2v) is 5.91. The zero-order valence-corrected chi connectivity index (χ0v) is 15.6. The van der Waals surface area contributed by atoms with Gasteiger partial charge in [-0.25, -0.2) is 0 Å². The van der Waals surface area contributed by atoms with Gasteiger partial charge in [0.1, 0.15) is 18.0 Å². The molecule has 27 heavy (non-hydrogen) atoms. The Balaban J connectivity index is 2.26. The molecule has 7 nitrogen and oxygen atoms in total. The predicted octanol–water partition coefficient (Wildman–Crippen LogP) is 2.58. The molecular formula is C20H23NO6. The highest BCUT2D eigenvalue weighted by molar-refractivity contribution is 5.95. The van der Waals surface area contributed by atoms with Gasteiger partial charge in [-0.3, -0.25) is 9.59 Å². The first-order chi connectivity index (χ1) is 13.0. The molecule has 2 aromatic carbocycles. The first kappa shape index (κ1) is 20.3. The number of carbonyl (C=O) groups excluding carboxylic acids is 1. The Kier molecular flexibility index (Phi) is 7.19. The van der Waals surface area contributed by atoms with Crippen molar-refractivity contribution in [3.05, 3.63) is 59.2 Å². The molecule has 0 saturated heterocycles. The number of rotatable bonds is 9. The van der Waals surface area contributed by atoms with Gasteiger partial charge < -0.3 is 24.2 Å². The molecule has 0 radical (unpaired) electrons. The van der Waals surface area contributed by atoms with E-state index in [0.29, 0.717) is 29.2 Å². The Morgan fingerprint density at radius 1 is 0.926 bits per heavy atom. The minimum absolute atomic E-state index is 0.110. The molecule has 2 aromatic rings. The van der Waals surface area contributed by atoms with Crippen molar-refractivity contribution in [2.45, 2.75) is 13.2 Å². The van der Waals surface area contributed by atoms with Crippen LogP contribution in [0.3, 0.4) is 0 Å². The molecule has 0 aliphatic carbocycles. The van der Waals surface area contributed by atoms with Crippen LogP contribution < -0.4 is 9.47 Å². The van der Waals surface area contributed by atoms with Crippen molar-refractivity contribution in [1.29, 1.82) is 0 Å². The first-order valence-corrected chi connectivity index (χ1v) is 8.27. The molecule has 144 valence electrons. The van der Waals surface area contributed by atoms with Gasteiger partial charge in [0.2, 0.25) is 0 Å². The Morgan fingerprint density at radius 3 is 2.00 bits per heavy atom. The van der Waals surface area contributed by atoms with Crippen LogP contribution in [0, 0.1) is 0 Å². The third-order valence-electron chi connectivity index (χ3n) is 3.91. The van der Waals surface area contributed by atoms with Crippen LogP contribution >= 0.6 is 0 Å². The summed E-state index contributed by atoms with van der Waals surface area (Å²) in [6.07, 6.45) is 0. The van der Waals surface area contributed by atoms with Crippen LogP contribution in [0.5, 0.6) is 11.5 Å². The van der Waals surface area contributed by atoms with Crippen molar-refractivity contribution in [2.24, 2.45) is 0 Å². The number of nitrogens with zero attached hydrogens (tertiary/aromatic N) is 1. The van der Waals surface area contributed by atoms with Crippen molar-refractivity contribution in [2.75, 3.05) is 27.9 Å². The fourth-order valence-corrected chi connectivity index (χ4v) is 2.63. The van der Waals surface area contributed by atoms with Gasteiger partial charge in [-0.2, -0.15) is 0 Å². The summed E-state index contributed by atoms with van der Waals surface area (Å²) < 4.78 is 15.5. The average Bonchev–Trinajstić information content (AvgIpc) is 2.67. The van der Waals surface area contributed by atoms with Crippen LogP contribution in [0.25, 0.3) is 0 Å². The molecule has 7 heteroatoms. The average molecular weight is 373 g/mol. The summed E-state index contributed by atoms with van der Waals surface area (Å²) in [6.45, 7) is 0.133. The summed E-state index contributed by atoms with van der Waals surface area (Å²) in [5.74, 6) is -0.329. The molecule has 0 heterocycles. The van der Waals surface area contributed by atoms with Crippen LogP contribution in [0.15, 0.2) is 42.5 Å². The second-order valence-electron chi connectivity index (χ2n) is 5.91. The lowest BCUT2D eigenvalue weighted by Crippen LogP contribution is -2.35. The Morgan fingerprint density at radius 2 is 1.52 bits per heavy atom. The zero-order chi connectivity index (χ0) is 19.8. The normalized spacial score (nSPS) is 10.3. The molecule has 0 saturated carbocycles. The van der Waals surface area contributed by atoms with Gasteiger partial charge in [0, 0.05) is 25.3 Å². The molecule has 0 aliphatic heterocycles. The number of methoxy groups -OCH3 is 3. The van der Waals surface area contributed by atoms with Gasteiger partial charge in [0.25, 0.3) is 5.91 Å². The summed E-state index contributed by atoms with van der Waals surface area (Å²) in [7, 11) is 4.65. The van der Waals surface area contributed by atoms with Crippen LogP contribution in [0.2, 0.25) is 0 Å². The summed E-state index contributed by atoms with van der Waals surface area (Å²) in [6, 6.07) is 12.1. The maximum atomic E-state index is 12.8.